The number of aliphatic hydroxyl groups is 1. The highest BCUT2D eigenvalue weighted by molar-refractivity contribution is 6.30. The first kappa shape index (κ1) is 18.0. The molecule has 2 atom stereocenters. The van der Waals surface area contributed by atoms with E-state index in [2.05, 4.69) is 5.10 Å². The maximum Gasteiger partial charge on any atom is 0.439 e. The number of carbonyl (C=O) groups excluding carboxylic acids is 1. The quantitative estimate of drug-likeness (QED) is 0.880. The normalized spacial score (nSPS) is 26.2. The third-order valence-electron chi connectivity index (χ3n) is 4.44. The number of hydrazone groups is 1. The lowest BCUT2D eigenvalue weighted by atomic mass is 9.80. The molecule has 1 heterocycles. The fourth-order valence-corrected chi connectivity index (χ4v) is 3.33. The van der Waals surface area contributed by atoms with Crippen molar-refractivity contribution in [2.75, 3.05) is 6.61 Å². The Kier molecular flexibility index (Phi) is 4.68. The van der Waals surface area contributed by atoms with Crippen molar-refractivity contribution in [2.24, 2.45) is 11.0 Å². The summed E-state index contributed by atoms with van der Waals surface area (Å²) in [6.07, 6.45) is -3.31. The average Bonchev–Trinajstić information content (AvgIpc) is 2.89. The zero-order valence-corrected chi connectivity index (χ0v) is 13.8. The molecule has 25 heavy (non-hydrogen) atoms. The summed E-state index contributed by atoms with van der Waals surface area (Å²) in [6, 6.07) is 6.03. The lowest BCUT2D eigenvalue weighted by Crippen LogP contribution is -2.62. The topological polar surface area (TPSA) is 62.1 Å². The molecule has 136 valence electrons. The van der Waals surface area contributed by atoms with Crippen molar-refractivity contribution in [3.8, 4) is 5.75 Å². The van der Waals surface area contributed by atoms with Gasteiger partial charge in [-0.05, 0) is 43.5 Å². The minimum Gasteiger partial charge on any atom is -0.484 e. The van der Waals surface area contributed by atoms with Gasteiger partial charge >= 0.3 is 6.18 Å². The smallest absolute Gasteiger partial charge is 0.439 e. The summed E-state index contributed by atoms with van der Waals surface area (Å²) >= 11 is 5.73. The highest BCUT2D eigenvalue weighted by Crippen LogP contribution is 2.48. The molecule has 1 aliphatic heterocycles. The number of amides is 1. The first-order valence-electron chi connectivity index (χ1n) is 7.81. The first-order chi connectivity index (χ1) is 11.7. The number of fused-ring (bicyclic) bond motifs is 1. The molecule has 3 rings (SSSR count). The maximum atomic E-state index is 13.6. The van der Waals surface area contributed by atoms with Crippen molar-refractivity contribution >= 4 is 23.2 Å². The number of nitrogens with zero attached hydrogens (tertiary/aromatic N) is 2. The van der Waals surface area contributed by atoms with Gasteiger partial charge in [0.2, 0.25) is 0 Å². The molecule has 0 spiro atoms. The van der Waals surface area contributed by atoms with Gasteiger partial charge in [0, 0.05) is 10.7 Å². The zero-order valence-electron chi connectivity index (χ0n) is 13.1. The van der Waals surface area contributed by atoms with Crippen LogP contribution in [0.2, 0.25) is 5.02 Å². The molecule has 0 aromatic heterocycles. The van der Waals surface area contributed by atoms with Crippen molar-refractivity contribution in [3.63, 3.8) is 0 Å². The van der Waals surface area contributed by atoms with E-state index >= 15 is 0 Å². The lowest BCUT2D eigenvalue weighted by Gasteiger charge is -2.38. The summed E-state index contributed by atoms with van der Waals surface area (Å²) in [7, 11) is 0. The number of benzene rings is 1. The van der Waals surface area contributed by atoms with Crippen LogP contribution in [0.25, 0.3) is 0 Å². The molecule has 1 aromatic rings. The van der Waals surface area contributed by atoms with Gasteiger partial charge in [0.05, 0.1) is 5.92 Å². The second-order valence-electron chi connectivity index (χ2n) is 6.06. The van der Waals surface area contributed by atoms with Gasteiger partial charge in [0.25, 0.3) is 11.6 Å². The Bertz CT molecular complexity index is 693. The van der Waals surface area contributed by atoms with Crippen LogP contribution in [0.3, 0.4) is 0 Å². The Morgan fingerprint density at radius 1 is 1.36 bits per heavy atom. The Labute approximate surface area is 147 Å². The molecule has 0 saturated heterocycles. The predicted octanol–water partition coefficient (Wildman–Crippen LogP) is 3.36. The van der Waals surface area contributed by atoms with Crippen molar-refractivity contribution in [2.45, 2.75) is 37.6 Å². The van der Waals surface area contributed by atoms with Gasteiger partial charge in [0.15, 0.2) is 6.61 Å². The zero-order chi connectivity index (χ0) is 18.2. The van der Waals surface area contributed by atoms with Crippen molar-refractivity contribution < 1.29 is 27.8 Å². The molecule has 2 aliphatic rings. The number of hydrogen-bond donors (Lipinski definition) is 1. The number of hydrogen-bond acceptors (Lipinski definition) is 4. The predicted molar refractivity (Wildman–Crippen MR) is 84.2 cm³/mol. The summed E-state index contributed by atoms with van der Waals surface area (Å²) in [6.45, 7) is -0.677. The highest BCUT2D eigenvalue weighted by Gasteiger charge is 2.68. The molecule has 9 heteroatoms. The maximum absolute atomic E-state index is 13.6. The Hall–Kier alpha value is -1.80. The number of alkyl halides is 3. The van der Waals surface area contributed by atoms with Crippen LogP contribution in [0, 0.1) is 5.92 Å². The van der Waals surface area contributed by atoms with Crippen LogP contribution < -0.4 is 4.74 Å². The van der Waals surface area contributed by atoms with Gasteiger partial charge in [-0.15, -0.1) is 0 Å². The van der Waals surface area contributed by atoms with E-state index in [1.165, 1.54) is 24.3 Å². The molecule has 5 nitrogen and oxygen atoms in total. The van der Waals surface area contributed by atoms with Crippen LogP contribution in [0.5, 0.6) is 5.75 Å². The van der Waals surface area contributed by atoms with E-state index in [0.717, 1.165) is 0 Å². The van der Waals surface area contributed by atoms with Crippen LogP contribution in [-0.4, -0.2) is 40.2 Å². The van der Waals surface area contributed by atoms with Gasteiger partial charge < -0.3 is 9.84 Å². The van der Waals surface area contributed by atoms with Crippen molar-refractivity contribution in [1.82, 2.24) is 5.01 Å². The van der Waals surface area contributed by atoms with E-state index in [1.54, 1.807) is 0 Å². The molecule has 1 N–H and O–H groups in total. The summed E-state index contributed by atoms with van der Waals surface area (Å²) < 4.78 is 45.9. The Morgan fingerprint density at radius 3 is 2.68 bits per heavy atom. The number of halogens is 4. The third-order valence-corrected chi connectivity index (χ3v) is 4.70. The second kappa shape index (κ2) is 6.49. The van der Waals surface area contributed by atoms with E-state index in [4.69, 9.17) is 16.3 Å². The SMILES string of the molecule is O=C(COc1ccc(Cl)cc1)N1N=C2CCCCC2C1(O)C(F)(F)F. The highest BCUT2D eigenvalue weighted by atomic mass is 35.5. The summed E-state index contributed by atoms with van der Waals surface area (Å²) in [5.74, 6) is -2.00. The third kappa shape index (κ3) is 3.20. The number of rotatable bonds is 3. The van der Waals surface area contributed by atoms with Crippen LogP contribution in [0.4, 0.5) is 13.2 Å². The van der Waals surface area contributed by atoms with Crippen LogP contribution in [-0.2, 0) is 4.79 Å². The molecule has 1 aromatic carbocycles. The standard InChI is InChI=1S/C16H16ClF3N2O3/c17-10-5-7-11(8-6-10)25-9-14(23)22-15(24,16(18,19)20)12-3-1-2-4-13(12)21-22/h5-8,12,24H,1-4,9H2. The average molecular weight is 377 g/mol. The fourth-order valence-electron chi connectivity index (χ4n) is 3.20. The molecule has 0 radical (unpaired) electrons. The summed E-state index contributed by atoms with van der Waals surface area (Å²) in [4.78, 5) is 12.3. The molecular formula is C16H16ClF3N2O3. The minimum atomic E-state index is -5.02. The van der Waals surface area contributed by atoms with E-state index in [9.17, 15) is 23.1 Å². The monoisotopic (exact) mass is 376 g/mol. The van der Waals surface area contributed by atoms with Crippen LogP contribution in [0.1, 0.15) is 25.7 Å². The van der Waals surface area contributed by atoms with Gasteiger partial charge in [-0.1, -0.05) is 18.0 Å². The first-order valence-corrected chi connectivity index (χ1v) is 8.19. The lowest BCUT2D eigenvalue weighted by molar-refractivity contribution is -0.317. The van der Waals surface area contributed by atoms with Gasteiger partial charge in [-0.2, -0.15) is 23.3 Å². The largest absolute Gasteiger partial charge is 0.484 e. The Balaban J connectivity index is 1.79. The number of carbonyl (C=O) groups is 1. The van der Waals surface area contributed by atoms with E-state index < -0.39 is 30.3 Å². The molecular weight excluding hydrogens is 361 g/mol. The summed E-state index contributed by atoms with van der Waals surface area (Å²) in [5, 5.41) is 14.8. The summed E-state index contributed by atoms with van der Waals surface area (Å²) in [5.41, 5.74) is -3.10. The fraction of sp³-hybridized carbons (Fsp3) is 0.500. The molecule has 2 unspecified atom stereocenters. The van der Waals surface area contributed by atoms with Crippen LogP contribution >= 0.6 is 11.6 Å². The van der Waals surface area contributed by atoms with Gasteiger partial charge in [-0.3, -0.25) is 4.79 Å². The van der Waals surface area contributed by atoms with Gasteiger partial charge in [0.1, 0.15) is 5.75 Å². The minimum absolute atomic E-state index is 0.136. The molecule has 1 fully saturated rings. The van der Waals surface area contributed by atoms with Crippen LogP contribution in [0.15, 0.2) is 29.4 Å². The Morgan fingerprint density at radius 2 is 2.04 bits per heavy atom. The molecule has 1 saturated carbocycles. The van der Waals surface area contributed by atoms with E-state index in [-0.39, 0.29) is 22.9 Å². The van der Waals surface area contributed by atoms with E-state index in [1.807, 2.05) is 0 Å². The molecule has 0 bridgehead atoms. The van der Waals surface area contributed by atoms with E-state index in [0.29, 0.717) is 24.3 Å². The van der Waals surface area contributed by atoms with Crippen molar-refractivity contribution in [1.29, 1.82) is 0 Å². The molecule has 1 aliphatic carbocycles. The van der Waals surface area contributed by atoms with Gasteiger partial charge in [-0.25, -0.2) is 0 Å². The molecule has 1 amide bonds. The van der Waals surface area contributed by atoms with Crippen molar-refractivity contribution in [3.05, 3.63) is 29.3 Å². The second-order valence-corrected chi connectivity index (χ2v) is 6.50. The number of ether oxygens (including phenoxy) is 1.